The standard InChI is InChI=1S/C19H22N2O2S/c1-14-8-9-16(24-14)18(23)20-12-17(22)21-13-19(10-5-11-19)15-6-3-2-4-7-15/h2-4,6-9H,5,10-13H2,1H3,(H,20,23)(H,21,22). The molecule has 0 bridgehead atoms. The number of rotatable bonds is 6. The van der Waals surface area contributed by atoms with Gasteiger partial charge in [-0.2, -0.15) is 0 Å². The van der Waals surface area contributed by atoms with E-state index in [1.807, 2.05) is 31.2 Å². The molecule has 0 unspecified atom stereocenters. The van der Waals surface area contributed by atoms with Crippen LogP contribution in [0, 0.1) is 6.92 Å². The van der Waals surface area contributed by atoms with Crippen molar-refractivity contribution in [3.63, 3.8) is 0 Å². The summed E-state index contributed by atoms with van der Waals surface area (Å²) in [6.45, 7) is 2.60. The van der Waals surface area contributed by atoms with E-state index in [9.17, 15) is 9.59 Å². The molecule has 3 rings (SSSR count). The van der Waals surface area contributed by atoms with Crippen LogP contribution in [-0.4, -0.2) is 24.9 Å². The van der Waals surface area contributed by atoms with Crippen LogP contribution >= 0.6 is 11.3 Å². The van der Waals surface area contributed by atoms with Crippen molar-refractivity contribution in [3.05, 3.63) is 57.8 Å². The predicted molar refractivity (Wildman–Crippen MR) is 96.4 cm³/mol. The van der Waals surface area contributed by atoms with Gasteiger partial charge in [0.25, 0.3) is 5.91 Å². The first-order chi connectivity index (χ1) is 11.6. The van der Waals surface area contributed by atoms with Gasteiger partial charge in [-0.1, -0.05) is 36.8 Å². The molecule has 0 saturated heterocycles. The summed E-state index contributed by atoms with van der Waals surface area (Å²) in [6, 6.07) is 14.0. The molecule has 1 aromatic carbocycles. The maximum absolute atomic E-state index is 12.1. The summed E-state index contributed by atoms with van der Waals surface area (Å²) in [6.07, 6.45) is 3.38. The number of nitrogens with one attached hydrogen (secondary N) is 2. The van der Waals surface area contributed by atoms with E-state index < -0.39 is 0 Å². The van der Waals surface area contributed by atoms with E-state index in [1.54, 1.807) is 6.07 Å². The first kappa shape index (κ1) is 16.7. The fourth-order valence-corrected chi connectivity index (χ4v) is 3.88. The van der Waals surface area contributed by atoms with Crippen LogP contribution in [0.25, 0.3) is 0 Å². The third-order valence-corrected chi connectivity index (χ3v) is 5.69. The lowest BCUT2D eigenvalue weighted by Crippen LogP contribution is -2.47. The normalized spacial score (nSPS) is 15.4. The fourth-order valence-electron chi connectivity index (χ4n) is 3.10. The summed E-state index contributed by atoms with van der Waals surface area (Å²) in [5.74, 6) is -0.330. The predicted octanol–water partition coefficient (Wildman–Crippen LogP) is 3.02. The van der Waals surface area contributed by atoms with Crippen LogP contribution in [0.1, 0.15) is 39.4 Å². The molecule has 1 aliphatic carbocycles. The Kier molecular flexibility index (Phi) is 5.00. The Morgan fingerprint density at radius 2 is 1.83 bits per heavy atom. The van der Waals surface area contributed by atoms with E-state index in [0.717, 1.165) is 17.7 Å². The Labute approximate surface area is 146 Å². The molecular weight excluding hydrogens is 320 g/mol. The second-order valence-corrected chi connectivity index (χ2v) is 7.66. The van der Waals surface area contributed by atoms with Gasteiger partial charge in [0, 0.05) is 16.8 Å². The third kappa shape index (κ3) is 3.67. The molecule has 0 atom stereocenters. The maximum Gasteiger partial charge on any atom is 0.261 e. The molecule has 0 aliphatic heterocycles. The second kappa shape index (κ2) is 7.18. The number of aryl methyl sites for hydroxylation is 1. The van der Waals surface area contributed by atoms with Crippen LogP contribution in [0.15, 0.2) is 42.5 Å². The van der Waals surface area contributed by atoms with Crippen LogP contribution in [0.5, 0.6) is 0 Å². The van der Waals surface area contributed by atoms with Crippen molar-refractivity contribution in [2.75, 3.05) is 13.1 Å². The van der Waals surface area contributed by atoms with E-state index in [2.05, 4.69) is 22.8 Å². The van der Waals surface area contributed by atoms with Crippen LogP contribution in [0.3, 0.4) is 0 Å². The van der Waals surface area contributed by atoms with Gasteiger partial charge in [0.05, 0.1) is 11.4 Å². The smallest absolute Gasteiger partial charge is 0.261 e. The molecular formula is C19H22N2O2S. The Balaban J connectivity index is 1.49. The van der Waals surface area contributed by atoms with E-state index in [4.69, 9.17) is 0 Å². The van der Waals surface area contributed by atoms with Gasteiger partial charge in [-0.3, -0.25) is 9.59 Å². The Bertz CT molecular complexity index is 720. The molecule has 1 aromatic heterocycles. The fraction of sp³-hybridized carbons (Fsp3) is 0.368. The molecule has 126 valence electrons. The first-order valence-corrected chi connectivity index (χ1v) is 9.08. The number of carbonyl (C=O) groups excluding carboxylic acids is 2. The molecule has 0 spiro atoms. The van der Waals surface area contributed by atoms with Gasteiger partial charge in [0.2, 0.25) is 5.91 Å². The lowest BCUT2D eigenvalue weighted by molar-refractivity contribution is -0.120. The van der Waals surface area contributed by atoms with Crippen LogP contribution in [0.2, 0.25) is 0 Å². The minimum atomic E-state index is -0.190. The lowest BCUT2D eigenvalue weighted by atomic mass is 9.64. The van der Waals surface area contributed by atoms with Crippen molar-refractivity contribution in [1.29, 1.82) is 0 Å². The van der Waals surface area contributed by atoms with E-state index in [0.29, 0.717) is 11.4 Å². The highest BCUT2D eigenvalue weighted by Crippen LogP contribution is 2.43. The van der Waals surface area contributed by atoms with Gasteiger partial charge in [0.1, 0.15) is 0 Å². The van der Waals surface area contributed by atoms with Crippen molar-refractivity contribution in [2.45, 2.75) is 31.6 Å². The van der Waals surface area contributed by atoms with Gasteiger partial charge < -0.3 is 10.6 Å². The van der Waals surface area contributed by atoms with E-state index in [1.165, 1.54) is 23.3 Å². The zero-order chi connectivity index (χ0) is 17.0. The molecule has 5 heteroatoms. The van der Waals surface area contributed by atoms with Crippen LogP contribution in [0.4, 0.5) is 0 Å². The summed E-state index contributed by atoms with van der Waals surface area (Å²) >= 11 is 1.43. The Hall–Kier alpha value is -2.14. The van der Waals surface area contributed by atoms with Crippen molar-refractivity contribution < 1.29 is 9.59 Å². The Morgan fingerprint density at radius 1 is 1.08 bits per heavy atom. The number of hydrogen-bond acceptors (Lipinski definition) is 3. The third-order valence-electron chi connectivity index (χ3n) is 4.69. The van der Waals surface area contributed by atoms with Crippen LogP contribution in [-0.2, 0) is 10.2 Å². The molecule has 4 nitrogen and oxygen atoms in total. The Morgan fingerprint density at radius 3 is 2.42 bits per heavy atom. The average Bonchev–Trinajstić information content (AvgIpc) is 2.99. The van der Waals surface area contributed by atoms with E-state index >= 15 is 0 Å². The van der Waals surface area contributed by atoms with Crippen LogP contribution < -0.4 is 10.6 Å². The molecule has 1 fully saturated rings. The number of hydrogen-bond donors (Lipinski definition) is 2. The summed E-state index contributed by atoms with van der Waals surface area (Å²) in [5, 5.41) is 5.67. The molecule has 24 heavy (non-hydrogen) atoms. The van der Waals surface area contributed by atoms with E-state index in [-0.39, 0.29) is 23.8 Å². The number of carbonyl (C=O) groups is 2. The number of thiophene rings is 1. The van der Waals surface area contributed by atoms with Crippen molar-refractivity contribution >= 4 is 23.2 Å². The van der Waals surface area contributed by atoms with Gasteiger partial charge in [-0.25, -0.2) is 0 Å². The molecule has 2 N–H and O–H groups in total. The van der Waals surface area contributed by atoms with Gasteiger partial charge >= 0.3 is 0 Å². The summed E-state index contributed by atoms with van der Waals surface area (Å²) in [7, 11) is 0. The molecule has 1 saturated carbocycles. The second-order valence-electron chi connectivity index (χ2n) is 6.37. The van der Waals surface area contributed by atoms with Gasteiger partial charge in [0.15, 0.2) is 0 Å². The molecule has 1 heterocycles. The molecule has 2 amide bonds. The maximum atomic E-state index is 12.1. The molecule has 0 radical (unpaired) electrons. The lowest BCUT2D eigenvalue weighted by Gasteiger charge is -2.42. The molecule has 2 aromatic rings. The molecule has 1 aliphatic rings. The highest BCUT2D eigenvalue weighted by Gasteiger charge is 2.38. The highest BCUT2D eigenvalue weighted by molar-refractivity contribution is 7.13. The largest absolute Gasteiger partial charge is 0.354 e. The monoisotopic (exact) mass is 342 g/mol. The summed E-state index contributed by atoms with van der Waals surface area (Å²) in [5.41, 5.74) is 1.35. The quantitative estimate of drug-likeness (QED) is 0.848. The first-order valence-electron chi connectivity index (χ1n) is 8.26. The van der Waals surface area contributed by atoms with Crippen molar-refractivity contribution in [3.8, 4) is 0 Å². The number of benzene rings is 1. The highest BCUT2D eigenvalue weighted by atomic mass is 32.1. The zero-order valence-electron chi connectivity index (χ0n) is 13.8. The summed E-state index contributed by atoms with van der Waals surface area (Å²) in [4.78, 5) is 25.8. The zero-order valence-corrected chi connectivity index (χ0v) is 14.6. The SMILES string of the molecule is Cc1ccc(C(=O)NCC(=O)NCC2(c3ccccc3)CCC2)s1. The average molecular weight is 342 g/mol. The number of amides is 2. The van der Waals surface area contributed by atoms with Gasteiger partial charge in [-0.15, -0.1) is 11.3 Å². The van der Waals surface area contributed by atoms with Gasteiger partial charge in [-0.05, 0) is 37.5 Å². The topological polar surface area (TPSA) is 58.2 Å². The van der Waals surface area contributed by atoms with Crippen molar-refractivity contribution in [2.24, 2.45) is 0 Å². The minimum absolute atomic E-state index is 0.0145. The summed E-state index contributed by atoms with van der Waals surface area (Å²) < 4.78 is 0. The minimum Gasteiger partial charge on any atom is -0.354 e. The van der Waals surface area contributed by atoms with Crippen molar-refractivity contribution in [1.82, 2.24) is 10.6 Å².